The Hall–Kier alpha value is -0.450. The highest BCUT2D eigenvalue weighted by Crippen LogP contribution is 2.25. The summed E-state index contributed by atoms with van der Waals surface area (Å²) in [6.07, 6.45) is 14.1. The molecule has 0 unspecified atom stereocenters. The molecule has 0 heterocycles. The minimum atomic E-state index is -1.67. The van der Waals surface area contributed by atoms with Crippen LogP contribution in [-0.2, 0) is 19.1 Å². The highest BCUT2D eigenvalue weighted by atomic mass is 35.6. The summed E-state index contributed by atoms with van der Waals surface area (Å²) in [5.41, 5.74) is 0. The first kappa shape index (κ1) is 24.6. The lowest BCUT2D eigenvalue weighted by Crippen LogP contribution is -2.16. The second-order valence-corrected chi connectivity index (χ2v) is 8.42. The zero-order valence-electron chi connectivity index (χ0n) is 14.9. The van der Waals surface area contributed by atoms with Crippen LogP contribution in [0.5, 0.6) is 0 Å². The van der Waals surface area contributed by atoms with Crippen LogP contribution in [0.25, 0.3) is 0 Å². The third-order valence-electron chi connectivity index (χ3n) is 3.48. The maximum atomic E-state index is 11.4. The van der Waals surface area contributed by atoms with Crippen molar-refractivity contribution in [2.24, 2.45) is 0 Å². The van der Waals surface area contributed by atoms with Gasteiger partial charge >= 0.3 is 11.9 Å². The van der Waals surface area contributed by atoms with Gasteiger partial charge in [-0.15, -0.1) is 0 Å². The Balaban J connectivity index is 3.49. The van der Waals surface area contributed by atoms with Crippen molar-refractivity contribution in [2.45, 2.75) is 74.9 Å². The highest BCUT2D eigenvalue weighted by molar-refractivity contribution is 6.67. The van der Waals surface area contributed by atoms with Gasteiger partial charge in [-0.2, -0.15) is 0 Å². The Kier molecular flexibility index (Phi) is 15.5. The first-order valence-electron chi connectivity index (χ1n) is 8.93. The molecule has 0 aromatic carbocycles. The molecule has 0 aliphatic rings. The van der Waals surface area contributed by atoms with Crippen LogP contribution in [0.4, 0.5) is 0 Å². The fraction of sp³-hybridized carbons (Fsp3) is 0.778. The number of hydrogen-bond donors (Lipinski definition) is 0. The second-order valence-electron chi connectivity index (χ2n) is 5.91. The van der Waals surface area contributed by atoms with Crippen molar-refractivity contribution in [3.8, 4) is 0 Å². The predicted octanol–water partition coefficient (Wildman–Crippen LogP) is 5.92. The van der Waals surface area contributed by atoms with E-state index >= 15 is 0 Å². The molecule has 7 heteroatoms. The van der Waals surface area contributed by atoms with E-state index in [0.717, 1.165) is 31.4 Å². The molecule has 0 aliphatic carbocycles. The summed E-state index contributed by atoms with van der Waals surface area (Å²) >= 11 is 16.3. The average Bonchev–Trinajstić information content (AvgIpc) is 2.55. The minimum absolute atomic E-state index is 0.350. The first-order valence-corrected chi connectivity index (χ1v) is 10.1. The smallest absolute Gasteiger partial charge is 0.331 e. The van der Waals surface area contributed by atoms with Gasteiger partial charge in [0.05, 0.1) is 6.61 Å². The lowest BCUT2D eigenvalue weighted by atomic mass is 10.1. The quantitative estimate of drug-likeness (QED) is 0.153. The van der Waals surface area contributed by atoms with E-state index in [1.165, 1.54) is 44.9 Å². The number of rotatable bonds is 14. The molecule has 0 bridgehead atoms. The zero-order chi connectivity index (χ0) is 19.0. The van der Waals surface area contributed by atoms with Crippen molar-refractivity contribution in [3.63, 3.8) is 0 Å². The molecule has 4 nitrogen and oxygen atoms in total. The van der Waals surface area contributed by atoms with E-state index in [4.69, 9.17) is 39.5 Å². The molecule has 25 heavy (non-hydrogen) atoms. The molecule has 0 aliphatic heterocycles. The normalized spacial score (nSPS) is 11.7. The van der Waals surface area contributed by atoms with Gasteiger partial charge in [0.1, 0.15) is 6.61 Å². The van der Waals surface area contributed by atoms with Gasteiger partial charge in [0.25, 0.3) is 0 Å². The summed E-state index contributed by atoms with van der Waals surface area (Å²) in [6, 6.07) is 0. The highest BCUT2D eigenvalue weighted by Gasteiger charge is 2.21. The molecule has 0 saturated carbocycles. The number of halogens is 3. The van der Waals surface area contributed by atoms with Gasteiger partial charge in [0.15, 0.2) is 0 Å². The Morgan fingerprint density at radius 2 is 1.20 bits per heavy atom. The molecule has 0 rings (SSSR count). The van der Waals surface area contributed by atoms with E-state index < -0.39 is 15.7 Å². The molecule has 0 saturated heterocycles. The molecular weight excluding hydrogens is 387 g/mol. The number of esters is 2. The van der Waals surface area contributed by atoms with Gasteiger partial charge < -0.3 is 9.47 Å². The predicted molar refractivity (Wildman–Crippen MR) is 103 cm³/mol. The number of alkyl halides is 3. The summed E-state index contributed by atoms with van der Waals surface area (Å²) in [5.74, 6) is -1.34. The topological polar surface area (TPSA) is 52.6 Å². The van der Waals surface area contributed by atoms with E-state index in [2.05, 4.69) is 11.7 Å². The monoisotopic (exact) mass is 414 g/mol. The molecule has 0 fully saturated rings. The molecule has 146 valence electrons. The first-order chi connectivity index (χ1) is 11.8. The minimum Gasteiger partial charge on any atom is -0.463 e. The fourth-order valence-corrected chi connectivity index (χ4v) is 2.31. The van der Waals surface area contributed by atoms with Crippen LogP contribution in [0.1, 0.15) is 71.1 Å². The van der Waals surface area contributed by atoms with Crippen LogP contribution in [-0.4, -0.2) is 28.9 Å². The third-order valence-corrected chi connectivity index (χ3v) is 3.80. The Morgan fingerprint density at radius 1 is 0.760 bits per heavy atom. The van der Waals surface area contributed by atoms with E-state index in [1.807, 2.05) is 0 Å². The maximum Gasteiger partial charge on any atom is 0.331 e. The number of carbonyl (C=O) groups excluding carboxylic acids is 2. The van der Waals surface area contributed by atoms with Crippen LogP contribution in [0.15, 0.2) is 12.2 Å². The third kappa shape index (κ3) is 19.7. The van der Waals surface area contributed by atoms with E-state index in [9.17, 15) is 9.59 Å². The SMILES string of the molecule is CCCCCCCCCCCCOC(=O)/C=C/C(=O)OCC(Cl)(Cl)Cl. The Labute approximate surface area is 166 Å². The Bertz CT molecular complexity index is 392. The maximum absolute atomic E-state index is 11.4. The van der Waals surface area contributed by atoms with Crippen LogP contribution < -0.4 is 0 Å². The standard InChI is InChI=1S/C18H29Cl3O4/c1-2-3-4-5-6-7-8-9-10-11-14-24-16(22)12-13-17(23)25-15-18(19,20)21/h12-13H,2-11,14-15H2,1H3/b13-12+. The fourth-order valence-electron chi connectivity index (χ4n) is 2.15. The van der Waals surface area contributed by atoms with E-state index in [-0.39, 0.29) is 6.61 Å². The lowest BCUT2D eigenvalue weighted by molar-refractivity contribution is -0.140. The van der Waals surface area contributed by atoms with Crippen molar-refractivity contribution in [1.82, 2.24) is 0 Å². The van der Waals surface area contributed by atoms with Crippen molar-refractivity contribution < 1.29 is 19.1 Å². The zero-order valence-corrected chi connectivity index (χ0v) is 17.2. The van der Waals surface area contributed by atoms with Crippen molar-refractivity contribution >= 4 is 46.7 Å². The summed E-state index contributed by atoms with van der Waals surface area (Å²) in [7, 11) is 0. The van der Waals surface area contributed by atoms with Crippen LogP contribution in [0, 0.1) is 0 Å². The Morgan fingerprint density at radius 3 is 1.68 bits per heavy atom. The molecule has 0 radical (unpaired) electrons. The van der Waals surface area contributed by atoms with Gasteiger partial charge in [-0.05, 0) is 6.42 Å². The summed E-state index contributed by atoms with van der Waals surface area (Å²) in [4.78, 5) is 22.7. The van der Waals surface area contributed by atoms with Crippen molar-refractivity contribution in [1.29, 1.82) is 0 Å². The van der Waals surface area contributed by atoms with Gasteiger partial charge in [-0.3, -0.25) is 0 Å². The molecule has 0 aromatic heterocycles. The lowest BCUT2D eigenvalue weighted by Gasteiger charge is -2.09. The summed E-state index contributed by atoms with van der Waals surface area (Å²) in [6.45, 7) is 2.19. The van der Waals surface area contributed by atoms with Crippen LogP contribution in [0.3, 0.4) is 0 Å². The number of ether oxygens (including phenoxy) is 2. The van der Waals surface area contributed by atoms with Gasteiger partial charge in [0, 0.05) is 12.2 Å². The molecule has 0 N–H and O–H groups in total. The molecule has 0 spiro atoms. The molecule has 0 atom stereocenters. The number of hydrogen-bond acceptors (Lipinski definition) is 4. The largest absolute Gasteiger partial charge is 0.463 e. The van der Waals surface area contributed by atoms with Crippen molar-refractivity contribution in [3.05, 3.63) is 12.2 Å². The van der Waals surface area contributed by atoms with E-state index in [0.29, 0.717) is 6.61 Å². The average molecular weight is 416 g/mol. The van der Waals surface area contributed by atoms with Gasteiger partial charge in [-0.25, -0.2) is 9.59 Å². The van der Waals surface area contributed by atoms with Gasteiger partial charge in [0.2, 0.25) is 3.79 Å². The van der Waals surface area contributed by atoms with Gasteiger partial charge in [-0.1, -0.05) is 99.5 Å². The molecular formula is C18H29Cl3O4. The van der Waals surface area contributed by atoms with Crippen molar-refractivity contribution in [2.75, 3.05) is 13.2 Å². The number of carbonyl (C=O) groups is 2. The summed E-state index contributed by atoms with van der Waals surface area (Å²) in [5, 5.41) is 0. The summed E-state index contributed by atoms with van der Waals surface area (Å²) < 4.78 is 7.97. The van der Waals surface area contributed by atoms with E-state index in [1.54, 1.807) is 0 Å². The molecule has 0 amide bonds. The van der Waals surface area contributed by atoms with Crippen LogP contribution in [0.2, 0.25) is 0 Å². The second kappa shape index (κ2) is 15.8. The van der Waals surface area contributed by atoms with Crippen LogP contribution >= 0.6 is 34.8 Å². The number of unbranched alkanes of at least 4 members (excludes halogenated alkanes) is 9. The molecule has 0 aromatic rings.